The lowest BCUT2D eigenvalue weighted by Crippen LogP contribution is -2.75. The van der Waals surface area contributed by atoms with E-state index < -0.39 is 23.7 Å². The summed E-state index contributed by atoms with van der Waals surface area (Å²) in [6.07, 6.45) is 7.38. The number of halogens is 1. The molecule has 2 saturated heterocycles. The molecule has 2 heterocycles. The van der Waals surface area contributed by atoms with Gasteiger partial charge in [0.05, 0.1) is 18.3 Å². The lowest BCUT2D eigenvalue weighted by Gasteiger charge is -2.52. The molecule has 0 radical (unpaired) electrons. The average Bonchev–Trinajstić information content (AvgIpc) is 3.57. The molecule has 45 heavy (non-hydrogen) atoms. The molecule has 0 unspecified atom stereocenters. The normalized spacial score (nSPS) is 20.5. The molecule has 2 fully saturated rings. The van der Waals surface area contributed by atoms with Gasteiger partial charge in [-0.1, -0.05) is 37.6 Å². The van der Waals surface area contributed by atoms with Crippen molar-refractivity contribution < 1.29 is 34.1 Å². The Morgan fingerprint density at radius 1 is 1.04 bits per heavy atom. The number of carboxylic acid groups (broad SMARTS) is 1. The lowest BCUT2D eigenvalue weighted by molar-refractivity contribution is -0.165. The van der Waals surface area contributed by atoms with Crippen LogP contribution in [0.5, 0.6) is 17.2 Å². The van der Waals surface area contributed by atoms with E-state index in [4.69, 9.17) is 9.47 Å². The van der Waals surface area contributed by atoms with Crippen molar-refractivity contribution in [1.29, 1.82) is 0 Å². The fourth-order valence-corrected chi connectivity index (χ4v) is 6.52. The minimum atomic E-state index is -1.03. The summed E-state index contributed by atoms with van der Waals surface area (Å²) in [6.45, 7) is 6.80. The topological polar surface area (TPSA) is 129 Å². The number of aliphatic hydroxyl groups is 1. The molecular weight excluding hydrogens is 598 g/mol. The van der Waals surface area contributed by atoms with Crippen molar-refractivity contribution in [1.82, 2.24) is 15.1 Å². The molecule has 0 saturated carbocycles. The summed E-state index contributed by atoms with van der Waals surface area (Å²) >= 11 is 0. The van der Waals surface area contributed by atoms with E-state index in [2.05, 4.69) is 17.1 Å². The molecule has 2 aliphatic heterocycles. The highest BCUT2D eigenvalue weighted by Crippen LogP contribution is 2.37. The van der Waals surface area contributed by atoms with Gasteiger partial charge in [-0.05, 0) is 80.8 Å². The van der Waals surface area contributed by atoms with Gasteiger partial charge in [0.2, 0.25) is 11.8 Å². The number of carboxylic acids is 1. The fourth-order valence-electron chi connectivity index (χ4n) is 6.52. The number of nitrogens with zero attached hydrogens (tertiary/aromatic N) is 2. The van der Waals surface area contributed by atoms with Gasteiger partial charge < -0.3 is 29.9 Å². The van der Waals surface area contributed by atoms with Crippen LogP contribution in [-0.2, 0) is 16.1 Å². The van der Waals surface area contributed by atoms with Crippen molar-refractivity contribution in [3.05, 3.63) is 65.7 Å². The van der Waals surface area contributed by atoms with Crippen molar-refractivity contribution in [3.63, 3.8) is 0 Å². The third-order valence-corrected chi connectivity index (χ3v) is 9.09. The Hall–Kier alpha value is -3.60. The van der Waals surface area contributed by atoms with Gasteiger partial charge in [0.15, 0.2) is 11.5 Å². The summed E-state index contributed by atoms with van der Waals surface area (Å²) in [4.78, 5) is 42.9. The molecule has 5 rings (SSSR count). The third-order valence-electron chi connectivity index (χ3n) is 9.09. The van der Waals surface area contributed by atoms with Crippen LogP contribution in [-0.4, -0.2) is 81.7 Å². The van der Waals surface area contributed by atoms with Crippen LogP contribution in [0.2, 0.25) is 0 Å². The quantitative estimate of drug-likeness (QED) is 0.282. The first kappa shape index (κ1) is 34.3. The summed E-state index contributed by atoms with van der Waals surface area (Å²) in [5.74, 6) is 0.0224. The Labute approximate surface area is 270 Å². The second-order valence-electron chi connectivity index (χ2n) is 11.9. The SMILES string of the molecule is CCCCN1C(=O)[C@@H]([C@H](O)C2CC=CC2)NC(=O)C12CCN(Cc1ccc(Oc3ccc(C(=O)O)cc3OCC)cc1)CC2.Cl. The van der Waals surface area contributed by atoms with Gasteiger partial charge in [0, 0.05) is 26.2 Å². The molecule has 10 nitrogen and oxygen atoms in total. The monoisotopic (exact) mass is 641 g/mol. The number of nitrogens with one attached hydrogen (secondary N) is 1. The minimum absolute atomic E-state index is 0. The number of carbonyl (C=O) groups is 3. The highest BCUT2D eigenvalue weighted by molar-refractivity contribution is 6.00. The molecule has 2 atom stereocenters. The predicted octanol–water partition coefficient (Wildman–Crippen LogP) is 4.79. The molecule has 0 aromatic heterocycles. The number of likely N-dealkylation sites (tertiary alicyclic amines) is 1. The fraction of sp³-hybridized carbons (Fsp3) is 0.500. The summed E-state index contributed by atoms with van der Waals surface area (Å²) in [5, 5.41) is 23.3. The molecule has 2 aromatic rings. The molecule has 2 amide bonds. The summed E-state index contributed by atoms with van der Waals surface area (Å²) in [6, 6.07) is 11.3. The third kappa shape index (κ3) is 7.45. The first-order valence-electron chi connectivity index (χ1n) is 15.7. The van der Waals surface area contributed by atoms with Gasteiger partial charge in [-0.2, -0.15) is 0 Å². The van der Waals surface area contributed by atoms with Crippen LogP contribution in [0.1, 0.15) is 68.3 Å². The number of hydrogen-bond donors (Lipinski definition) is 3. The number of ether oxygens (including phenoxy) is 2. The summed E-state index contributed by atoms with van der Waals surface area (Å²) in [5.41, 5.74) is 0.320. The zero-order valence-corrected chi connectivity index (χ0v) is 26.8. The molecular formula is C34H44ClN3O7. The predicted molar refractivity (Wildman–Crippen MR) is 172 cm³/mol. The number of unbranched alkanes of at least 4 members (excludes halogenated alkanes) is 1. The van der Waals surface area contributed by atoms with E-state index in [9.17, 15) is 24.6 Å². The maximum absolute atomic E-state index is 13.8. The lowest BCUT2D eigenvalue weighted by atomic mass is 9.79. The zero-order valence-electron chi connectivity index (χ0n) is 25.9. The molecule has 1 aliphatic carbocycles. The molecule has 3 aliphatic rings. The number of piperazine rings is 1. The highest BCUT2D eigenvalue weighted by atomic mass is 35.5. The number of rotatable bonds is 12. The maximum Gasteiger partial charge on any atom is 0.335 e. The van der Waals surface area contributed by atoms with Crippen LogP contribution < -0.4 is 14.8 Å². The van der Waals surface area contributed by atoms with E-state index in [1.807, 2.05) is 43.3 Å². The van der Waals surface area contributed by atoms with Crippen LogP contribution >= 0.6 is 12.4 Å². The Morgan fingerprint density at radius 3 is 2.36 bits per heavy atom. The molecule has 244 valence electrons. The summed E-state index contributed by atoms with van der Waals surface area (Å²) in [7, 11) is 0. The number of allylic oxidation sites excluding steroid dienone is 2. The Kier molecular flexibility index (Phi) is 11.5. The van der Waals surface area contributed by atoms with E-state index in [0.29, 0.717) is 62.9 Å². The van der Waals surface area contributed by atoms with Gasteiger partial charge in [0.1, 0.15) is 17.3 Å². The summed E-state index contributed by atoms with van der Waals surface area (Å²) < 4.78 is 11.6. The zero-order chi connectivity index (χ0) is 31.3. The second kappa shape index (κ2) is 15.1. The highest BCUT2D eigenvalue weighted by Gasteiger charge is 2.55. The molecule has 2 aromatic carbocycles. The number of piperidine rings is 1. The molecule has 0 bridgehead atoms. The first-order chi connectivity index (χ1) is 21.3. The Morgan fingerprint density at radius 2 is 1.73 bits per heavy atom. The van der Waals surface area contributed by atoms with Gasteiger partial charge in [-0.25, -0.2) is 4.79 Å². The van der Waals surface area contributed by atoms with E-state index >= 15 is 0 Å². The van der Waals surface area contributed by atoms with E-state index in [1.165, 1.54) is 12.1 Å². The largest absolute Gasteiger partial charge is 0.490 e. The van der Waals surface area contributed by atoms with Crippen molar-refractivity contribution in [2.24, 2.45) is 5.92 Å². The van der Waals surface area contributed by atoms with Crippen LogP contribution in [0.25, 0.3) is 0 Å². The number of amides is 2. The van der Waals surface area contributed by atoms with Crippen LogP contribution in [0.15, 0.2) is 54.6 Å². The van der Waals surface area contributed by atoms with E-state index in [0.717, 1.165) is 31.2 Å². The van der Waals surface area contributed by atoms with Crippen LogP contribution in [0, 0.1) is 5.92 Å². The molecule has 1 spiro atoms. The van der Waals surface area contributed by atoms with Crippen molar-refractivity contribution >= 4 is 30.2 Å². The maximum atomic E-state index is 13.8. The van der Waals surface area contributed by atoms with E-state index in [-0.39, 0.29) is 35.7 Å². The minimum Gasteiger partial charge on any atom is -0.490 e. The smallest absolute Gasteiger partial charge is 0.335 e. The second-order valence-corrected chi connectivity index (χ2v) is 11.9. The van der Waals surface area contributed by atoms with Crippen LogP contribution in [0.3, 0.4) is 0 Å². The van der Waals surface area contributed by atoms with Gasteiger partial charge in [0.25, 0.3) is 0 Å². The van der Waals surface area contributed by atoms with Gasteiger partial charge in [-0.15, -0.1) is 12.4 Å². The van der Waals surface area contributed by atoms with Gasteiger partial charge in [-0.3, -0.25) is 14.5 Å². The Balaban J connectivity index is 0.00000461. The van der Waals surface area contributed by atoms with Crippen molar-refractivity contribution in [2.45, 2.75) is 76.6 Å². The number of carbonyl (C=O) groups excluding carboxylic acids is 2. The van der Waals surface area contributed by atoms with E-state index in [1.54, 1.807) is 11.0 Å². The number of benzene rings is 2. The van der Waals surface area contributed by atoms with Crippen molar-refractivity contribution in [3.8, 4) is 17.2 Å². The number of hydrogen-bond acceptors (Lipinski definition) is 7. The molecule has 3 N–H and O–H groups in total. The average molecular weight is 642 g/mol. The number of aromatic carboxylic acids is 1. The molecule has 11 heteroatoms. The van der Waals surface area contributed by atoms with Gasteiger partial charge >= 0.3 is 5.97 Å². The number of aliphatic hydroxyl groups excluding tert-OH is 1. The van der Waals surface area contributed by atoms with Crippen LogP contribution in [0.4, 0.5) is 0 Å². The Bertz CT molecular complexity index is 1370. The first-order valence-corrected chi connectivity index (χ1v) is 15.7. The standard InChI is InChI=1S/C34H43N3O7.ClH/c1-3-5-18-37-31(39)29(30(38)24-8-6-7-9-24)35-33(42)34(37)16-19-36(20-17-34)22-23-10-13-26(14-11-23)44-27-15-12-25(32(40)41)21-28(27)43-4-2;/h6-7,10-15,21,24,29-30,38H,3-5,8-9,16-20,22H2,1-2H3,(H,35,42)(H,40,41);1H/t29-,30-;/m1./s1. The van der Waals surface area contributed by atoms with Crippen molar-refractivity contribution in [2.75, 3.05) is 26.2 Å².